The number of amides is 3. The zero-order chi connectivity index (χ0) is 23.1. The summed E-state index contributed by atoms with van der Waals surface area (Å²) in [5, 5.41) is 14.1. The number of nitrogens with zero attached hydrogens (tertiary/aromatic N) is 3. The van der Waals surface area contributed by atoms with Crippen molar-refractivity contribution in [2.45, 2.75) is 31.2 Å². The van der Waals surface area contributed by atoms with Crippen molar-refractivity contribution in [2.24, 2.45) is 5.92 Å². The number of imide groups is 1. The van der Waals surface area contributed by atoms with Gasteiger partial charge in [0, 0.05) is 23.0 Å². The Bertz CT molecular complexity index is 1310. The number of pyridine rings is 1. The molecule has 3 atom stereocenters. The van der Waals surface area contributed by atoms with Gasteiger partial charge < -0.3 is 10.1 Å². The minimum atomic E-state index is -0.591. The van der Waals surface area contributed by atoms with Gasteiger partial charge in [-0.2, -0.15) is 5.26 Å². The molecule has 3 amide bonds. The average molecular weight is 444 g/mol. The molecule has 166 valence electrons. The van der Waals surface area contributed by atoms with Crippen molar-refractivity contribution in [1.82, 2.24) is 10.3 Å². The summed E-state index contributed by atoms with van der Waals surface area (Å²) in [6.45, 7) is 0. The van der Waals surface area contributed by atoms with Crippen molar-refractivity contribution in [1.29, 1.82) is 5.26 Å². The van der Waals surface area contributed by atoms with Gasteiger partial charge in [-0.1, -0.05) is 24.3 Å². The number of halogens is 1. The number of nitrogens with one attached hydrogen (secondary N) is 1. The number of ether oxygens (including phenoxy) is 1. The van der Waals surface area contributed by atoms with Crippen LogP contribution in [0.25, 0.3) is 10.8 Å². The third-order valence-electron chi connectivity index (χ3n) is 6.67. The van der Waals surface area contributed by atoms with Crippen LogP contribution in [0.15, 0.2) is 48.8 Å². The lowest BCUT2D eigenvalue weighted by Gasteiger charge is -2.42. The second kappa shape index (κ2) is 8.17. The number of carbonyl (C=O) groups excluding carboxylic acids is 2. The van der Waals surface area contributed by atoms with E-state index in [1.54, 1.807) is 12.3 Å². The fourth-order valence-corrected chi connectivity index (χ4v) is 5.06. The van der Waals surface area contributed by atoms with Gasteiger partial charge >= 0.3 is 6.03 Å². The van der Waals surface area contributed by atoms with E-state index in [4.69, 9.17) is 4.74 Å². The smallest absolute Gasteiger partial charge is 0.329 e. The highest BCUT2D eigenvalue weighted by atomic mass is 19.1. The third kappa shape index (κ3) is 3.46. The van der Waals surface area contributed by atoms with Crippen molar-refractivity contribution < 1.29 is 18.7 Å². The molecule has 1 aliphatic carbocycles. The largest absolute Gasteiger partial charge is 0.494 e. The molecule has 5 rings (SSSR count). The second-order valence-electron chi connectivity index (χ2n) is 8.41. The van der Waals surface area contributed by atoms with Crippen LogP contribution in [-0.2, 0) is 4.79 Å². The lowest BCUT2D eigenvalue weighted by atomic mass is 9.73. The van der Waals surface area contributed by atoms with Crippen LogP contribution >= 0.6 is 0 Å². The number of fused-ring (bicyclic) bond motifs is 2. The standard InChI is InChI=1S/C25H21FN4O3/c1-33-23-10-19(16(11-27)8-20(23)26)14-6-7-18-21(9-14)29-25(32)30(24(18)31)22-13-28-12-15-4-2-3-5-17(15)22/h2-5,8,10,12-14,18,21H,6-7,9H2,1H3,(H,29,32). The molecule has 2 heterocycles. The normalized spacial score (nSPS) is 22.5. The summed E-state index contributed by atoms with van der Waals surface area (Å²) in [7, 11) is 1.38. The molecule has 2 aromatic carbocycles. The minimum Gasteiger partial charge on any atom is -0.494 e. The first-order valence-electron chi connectivity index (χ1n) is 10.8. The van der Waals surface area contributed by atoms with Crippen LogP contribution in [-0.4, -0.2) is 30.1 Å². The molecule has 3 aromatic rings. The molecule has 8 heteroatoms. The van der Waals surface area contributed by atoms with Crippen LogP contribution in [0, 0.1) is 23.1 Å². The van der Waals surface area contributed by atoms with Gasteiger partial charge in [0.25, 0.3) is 0 Å². The number of hydrogen-bond acceptors (Lipinski definition) is 5. The lowest BCUT2D eigenvalue weighted by molar-refractivity contribution is -0.124. The minimum absolute atomic E-state index is 0.0736. The Hall–Kier alpha value is -3.99. The summed E-state index contributed by atoms with van der Waals surface area (Å²) in [4.78, 5) is 31.9. The van der Waals surface area contributed by atoms with Gasteiger partial charge in [0.15, 0.2) is 11.6 Å². The number of benzene rings is 2. The first-order valence-corrected chi connectivity index (χ1v) is 10.8. The first-order chi connectivity index (χ1) is 16.0. The quantitative estimate of drug-likeness (QED) is 0.651. The van der Waals surface area contributed by atoms with E-state index in [0.717, 1.165) is 10.8 Å². The maximum atomic E-state index is 14.1. The van der Waals surface area contributed by atoms with E-state index < -0.39 is 11.8 Å². The van der Waals surface area contributed by atoms with Crippen LogP contribution < -0.4 is 15.0 Å². The summed E-state index contributed by atoms with van der Waals surface area (Å²) in [5.41, 5.74) is 1.39. The van der Waals surface area contributed by atoms with Crippen molar-refractivity contribution in [3.8, 4) is 11.8 Å². The Morgan fingerprint density at radius 2 is 2.03 bits per heavy atom. The van der Waals surface area contributed by atoms with Gasteiger partial charge in [-0.25, -0.2) is 14.1 Å². The molecule has 1 aromatic heterocycles. The van der Waals surface area contributed by atoms with Gasteiger partial charge in [0.05, 0.1) is 36.5 Å². The van der Waals surface area contributed by atoms with Gasteiger partial charge in [-0.05, 0) is 42.9 Å². The van der Waals surface area contributed by atoms with Crippen LogP contribution in [0.1, 0.15) is 36.3 Å². The molecular formula is C25H21FN4O3. The van der Waals surface area contributed by atoms with Gasteiger partial charge in [0.2, 0.25) is 5.91 Å². The van der Waals surface area contributed by atoms with E-state index in [9.17, 15) is 19.2 Å². The number of nitriles is 1. The van der Waals surface area contributed by atoms with E-state index in [2.05, 4.69) is 16.4 Å². The molecule has 1 saturated carbocycles. The molecule has 2 aliphatic rings. The summed E-state index contributed by atoms with van der Waals surface area (Å²) in [6.07, 6.45) is 4.88. The molecule has 7 nitrogen and oxygen atoms in total. The predicted molar refractivity (Wildman–Crippen MR) is 119 cm³/mol. The van der Waals surface area contributed by atoms with Crippen LogP contribution in [0.2, 0.25) is 0 Å². The third-order valence-corrected chi connectivity index (χ3v) is 6.67. The Morgan fingerprint density at radius 1 is 1.21 bits per heavy atom. The second-order valence-corrected chi connectivity index (χ2v) is 8.41. The van der Waals surface area contributed by atoms with Crippen molar-refractivity contribution in [3.63, 3.8) is 0 Å². The number of urea groups is 1. The van der Waals surface area contributed by atoms with Gasteiger partial charge in [-0.15, -0.1) is 0 Å². The number of hydrogen-bond donors (Lipinski definition) is 1. The van der Waals surface area contributed by atoms with Crippen LogP contribution in [0.4, 0.5) is 14.9 Å². The van der Waals surface area contributed by atoms with E-state index in [1.165, 1.54) is 24.3 Å². The summed E-state index contributed by atoms with van der Waals surface area (Å²) >= 11 is 0. The number of aromatic nitrogens is 1. The predicted octanol–water partition coefficient (Wildman–Crippen LogP) is 4.26. The van der Waals surface area contributed by atoms with Crippen molar-refractivity contribution >= 4 is 28.4 Å². The maximum Gasteiger partial charge on any atom is 0.329 e. The number of methoxy groups -OCH3 is 1. The van der Waals surface area contributed by atoms with Crippen molar-refractivity contribution in [2.75, 3.05) is 12.0 Å². The average Bonchev–Trinajstić information content (AvgIpc) is 2.83. The molecule has 0 spiro atoms. The highest BCUT2D eigenvalue weighted by Gasteiger charge is 2.45. The van der Waals surface area contributed by atoms with Gasteiger partial charge in [-0.3, -0.25) is 9.78 Å². The topological polar surface area (TPSA) is 95.3 Å². The molecular weight excluding hydrogens is 423 g/mol. The van der Waals surface area contributed by atoms with E-state index >= 15 is 0 Å². The molecule has 1 saturated heterocycles. The van der Waals surface area contributed by atoms with E-state index in [-0.39, 0.29) is 35.1 Å². The Labute approximate surface area is 189 Å². The maximum absolute atomic E-state index is 14.1. The van der Waals surface area contributed by atoms with Crippen LogP contribution in [0.3, 0.4) is 0 Å². The first kappa shape index (κ1) is 20.9. The SMILES string of the molecule is COc1cc(C2CCC3C(=O)N(c4cncc5ccccc45)C(=O)NC3C2)c(C#N)cc1F. The lowest BCUT2D eigenvalue weighted by Crippen LogP contribution is -2.61. The molecule has 1 aliphatic heterocycles. The zero-order valence-electron chi connectivity index (χ0n) is 17.9. The Balaban J connectivity index is 1.44. The Morgan fingerprint density at radius 3 is 2.82 bits per heavy atom. The number of rotatable bonds is 3. The molecule has 1 N–H and O–H groups in total. The van der Waals surface area contributed by atoms with Crippen LogP contribution in [0.5, 0.6) is 5.75 Å². The monoisotopic (exact) mass is 444 g/mol. The zero-order valence-corrected chi connectivity index (χ0v) is 17.9. The fraction of sp³-hybridized carbons (Fsp3) is 0.280. The molecule has 0 radical (unpaired) electrons. The highest BCUT2D eigenvalue weighted by molar-refractivity contribution is 6.20. The summed E-state index contributed by atoms with van der Waals surface area (Å²) in [5.74, 6) is -1.26. The Kier molecular flexibility index (Phi) is 5.17. The molecule has 3 unspecified atom stereocenters. The van der Waals surface area contributed by atoms with E-state index in [0.29, 0.717) is 30.5 Å². The highest BCUT2D eigenvalue weighted by Crippen LogP contribution is 2.42. The van der Waals surface area contributed by atoms with Crippen molar-refractivity contribution in [3.05, 3.63) is 65.7 Å². The molecule has 0 bridgehead atoms. The summed E-state index contributed by atoms with van der Waals surface area (Å²) in [6, 6.07) is 11.4. The molecule has 2 fully saturated rings. The number of anilines is 1. The van der Waals surface area contributed by atoms with E-state index in [1.807, 2.05) is 24.3 Å². The summed E-state index contributed by atoms with van der Waals surface area (Å²) < 4.78 is 19.2. The number of carbonyl (C=O) groups is 2. The fourth-order valence-electron chi connectivity index (χ4n) is 5.06. The van der Waals surface area contributed by atoms with Gasteiger partial charge in [0.1, 0.15) is 0 Å². The molecule has 33 heavy (non-hydrogen) atoms.